The Morgan fingerprint density at radius 3 is 2.52 bits per heavy atom. The average Bonchev–Trinajstić information content (AvgIpc) is 2.61. The third-order valence-electron chi connectivity index (χ3n) is 4.48. The fourth-order valence-corrected chi connectivity index (χ4v) is 3.77. The predicted molar refractivity (Wildman–Crippen MR) is 102 cm³/mol. The first-order valence-electron chi connectivity index (χ1n) is 8.24. The van der Waals surface area contributed by atoms with Gasteiger partial charge in [-0.25, -0.2) is 12.7 Å². The normalized spacial score (nSPS) is 21.9. The molecule has 0 saturated carbocycles. The van der Waals surface area contributed by atoms with Crippen LogP contribution in [0.1, 0.15) is 13.3 Å². The van der Waals surface area contributed by atoms with Crippen molar-refractivity contribution < 1.29 is 18.0 Å². The Morgan fingerprint density at radius 1 is 1.22 bits per heavy atom. The number of amides is 2. The molecule has 2 aliphatic rings. The molecule has 1 aromatic rings. The molecule has 3 rings (SSSR count). The molecule has 9 heteroatoms. The summed E-state index contributed by atoms with van der Waals surface area (Å²) in [6.07, 6.45) is 6.83. The molecule has 142 valence electrons. The van der Waals surface area contributed by atoms with Gasteiger partial charge in [-0.15, -0.1) is 0 Å². The monoisotopic (exact) mass is 388 g/mol. The highest BCUT2D eigenvalue weighted by Crippen LogP contribution is 2.29. The van der Waals surface area contributed by atoms with E-state index in [2.05, 4.69) is 10.3 Å². The van der Waals surface area contributed by atoms with E-state index in [9.17, 15) is 18.0 Å². The Balaban J connectivity index is 1.83. The van der Waals surface area contributed by atoms with Gasteiger partial charge < -0.3 is 10.2 Å². The lowest BCUT2D eigenvalue weighted by Gasteiger charge is -2.41. The fraction of sp³-hybridized carbons (Fsp3) is 0.278. The second-order valence-electron chi connectivity index (χ2n) is 6.65. The van der Waals surface area contributed by atoms with E-state index in [0.717, 1.165) is 4.31 Å². The quantitative estimate of drug-likeness (QED) is 0.839. The number of nitrogens with one attached hydrogen (secondary N) is 1. The summed E-state index contributed by atoms with van der Waals surface area (Å²) in [5.74, 6) is -0.337. The third kappa shape index (κ3) is 3.43. The maximum absolute atomic E-state index is 12.9. The van der Waals surface area contributed by atoms with Gasteiger partial charge >= 0.3 is 0 Å². The maximum Gasteiger partial charge on any atom is 0.250 e. The van der Waals surface area contributed by atoms with Crippen molar-refractivity contribution in [3.8, 4) is 0 Å². The van der Waals surface area contributed by atoms with E-state index in [-0.39, 0.29) is 23.1 Å². The first kappa shape index (κ1) is 19.0. The number of benzene rings is 1. The van der Waals surface area contributed by atoms with Crippen LogP contribution >= 0.6 is 0 Å². The van der Waals surface area contributed by atoms with Crippen molar-refractivity contribution in [2.45, 2.75) is 23.8 Å². The Kier molecular flexibility index (Phi) is 4.75. The highest BCUT2D eigenvalue weighted by Gasteiger charge is 2.45. The number of sulfonamides is 1. The van der Waals surface area contributed by atoms with Crippen molar-refractivity contribution >= 4 is 33.4 Å². The summed E-state index contributed by atoms with van der Waals surface area (Å²) in [6, 6.07) is 5.89. The summed E-state index contributed by atoms with van der Waals surface area (Å²) in [6.45, 7) is 1.67. The number of anilines is 1. The van der Waals surface area contributed by atoms with Gasteiger partial charge in [0.05, 0.1) is 11.3 Å². The van der Waals surface area contributed by atoms with Crippen LogP contribution in [0.15, 0.2) is 58.6 Å². The summed E-state index contributed by atoms with van der Waals surface area (Å²) in [7, 11) is -0.642. The molecule has 1 aromatic carbocycles. The number of hydrogen-bond acceptors (Lipinski definition) is 5. The Morgan fingerprint density at radius 2 is 1.89 bits per heavy atom. The zero-order valence-corrected chi connectivity index (χ0v) is 16.0. The minimum Gasteiger partial charge on any atom is -0.324 e. The standard InChI is InChI=1S/C18H20N4O4S/c1-18(12-16(23)20-15-6-4-5-11-22(15)18)17(24)19-13-7-9-14(10-8-13)27(25,26)21(2)3/h4-11H,12H2,1-3H3,(H,19,24). The molecule has 2 amide bonds. The minimum absolute atomic E-state index is 0.0619. The summed E-state index contributed by atoms with van der Waals surface area (Å²) < 4.78 is 25.4. The van der Waals surface area contributed by atoms with Gasteiger partial charge in [-0.05, 0) is 43.3 Å². The number of amidine groups is 1. The SMILES string of the molecule is CN(C)S(=O)(=O)c1ccc(NC(=O)C2(C)CC(=O)N=C3C=CC=CN32)cc1. The van der Waals surface area contributed by atoms with Crippen LogP contribution in [0.25, 0.3) is 0 Å². The molecule has 0 radical (unpaired) electrons. The number of nitrogens with zero attached hydrogens (tertiary/aromatic N) is 3. The maximum atomic E-state index is 12.9. The van der Waals surface area contributed by atoms with Gasteiger partial charge in [-0.2, -0.15) is 4.99 Å². The zero-order chi connectivity index (χ0) is 19.8. The van der Waals surface area contributed by atoms with Gasteiger partial charge in [-0.1, -0.05) is 6.08 Å². The van der Waals surface area contributed by atoms with E-state index in [0.29, 0.717) is 11.5 Å². The van der Waals surface area contributed by atoms with E-state index in [4.69, 9.17) is 0 Å². The molecule has 0 aromatic heterocycles. The molecule has 0 saturated heterocycles. The molecule has 27 heavy (non-hydrogen) atoms. The first-order chi connectivity index (χ1) is 12.6. The lowest BCUT2D eigenvalue weighted by Crippen LogP contribution is -2.58. The van der Waals surface area contributed by atoms with Gasteiger partial charge in [0, 0.05) is 26.0 Å². The van der Waals surface area contributed by atoms with Crippen molar-refractivity contribution in [3.05, 3.63) is 48.7 Å². The number of carbonyl (C=O) groups excluding carboxylic acids is 2. The summed E-state index contributed by atoms with van der Waals surface area (Å²) in [5, 5.41) is 2.76. The lowest BCUT2D eigenvalue weighted by atomic mass is 9.91. The number of hydrogen-bond donors (Lipinski definition) is 1. The van der Waals surface area contributed by atoms with Crippen LogP contribution in [0.3, 0.4) is 0 Å². The van der Waals surface area contributed by atoms with Crippen molar-refractivity contribution in [3.63, 3.8) is 0 Å². The molecule has 2 aliphatic heterocycles. The van der Waals surface area contributed by atoms with Gasteiger partial charge in [0.15, 0.2) is 0 Å². The van der Waals surface area contributed by atoms with E-state index in [1.807, 2.05) is 0 Å². The molecule has 0 spiro atoms. The fourth-order valence-electron chi connectivity index (χ4n) is 2.87. The van der Waals surface area contributed by atoms with E-state index in [1.54, 1.807) is 36.3 Å². The highest BCUT2D eigenvalue weighted by molar-refractivity contribution is 7.89. The third-order valence-corrected chi connectivity index (χ3v) is 6.31. The number of carbonyl (C=O) groups is 2. The van der Waals surface area contributed by atoms with Crippen LogP contribution in [0.2, 0.25) is 0 Å². The second kappa shape index (κ2) is 6.75. The van der Waals surface area contributed by atoms with Crippen LogP contribution in [0.5, 0.6) is 0 Å². The van der Waals surface area contributed by atoms with Crippen LogP contribution in [0, 0.1) is 0 Å². The van der Waals surface area contributed by atoms with Crippen LogP contribution in [-0.2, 0) is 19.6 Å². The smallest absolute Gasteiger partial charge is 0.250 e. The summed E-state index contributed by atoms with van der Waals surface area (Å²) in [5.41, 5.74) is -0.698. The van der Waals surface area contributed by atoms with Gasteiger partial charge in [0.1, 0.15) is 11.4 Å². The molecule has 1 N–H and O–H groups in total. The molecule has 0 aliphatic carbocycles. The molecule has 2 heterocycles. The Hall–Kier alpha value is -2.78. The molecule has 1 unspecified atom stereocenters. The zero-order valence-electron chi connectivity index (χ0n) is 15.2. The lowest BCUT2D eigenvalue weighted by molar-refractivity contribution is -0.130. The van der Waals surface area contributed by atoms with Gasteiger partial charge in [0.25, 0.3) is 11.8 Å². The first-order valence-corrected chi connectivity index (χ1v) is 9.68. The molecule has 0 bridgehead atoms. The van der Waals surface area contributed by atoms with Crippen LogP contribution in [0.4, 0.5) is 5.69 Å². The predicted octanol–water partition coefficient (Wildman–Crippen LogP) is 1.35. The number of fused-ring (bicyclic) bond motifs is 1. The Bertz CT molecular complexity index is 977. The van der Waals surface area contributed by atoms with Crippen LogP contribution in [-0.4, -0.2) is 54.9 Å². The summed E-state index contributed by atoms with van der Waals surface area (Å²) in [4.78, 5) is 30.7. The largest absolute Gasteiger partial charge is 0.324 e. The van der Waals surface area contributed by atoms with Crippen molar-refractivity contribution in [2.24, 2.45) is 4.99 Å². The number of allylic oxidation sites excluding steroid dienone is 2. The number of aliphatic imine (C=N–C) groups is 1. The molecule has 8 nitrogen and oxygen atoms in total. The van der Waals surface area contributed by atoms with E-state index < -0.39 is 15.6 Å². The van der Waals surface area contributed by atoms with Crippen molar-refractivity contribution in [1.29, 1.82) is 0 Å². The second-order valence-corrected chi connectivity index (χ2v) is 8.80. The van der Waals surface area contributed by atoms with E-state index >= 15 is 0 Å². The van der Waals surface area contributed by atoms with E-state index in [1.165, 1.54) is 38.4 Å². The topological polar surface area (TPSA) is 99.2 Å². The molecule has 1 atom stereocenters. The number of rotatable bonds is 4. The van der Waals surface area contributed by atoms with Gasteiger partial charge in [-0.3, -0.25) is 9.59 Å². The molecule has 0 fully saturated rings. The molecular formula is C18H20N4O4S. The Labute approximate surface area is 157 Å². The average molecular weight is 388 g/mol. The van der Waals surface area contributed by atoms with Crippen molar-refractivity contribution in [2.75, 3.05) is 19.4 Å². The highest BCUT2D eigenvalue weighted by atomic mass is 32.2. The van der Waals surface area contributed by atoms with Gasteiger partial charge in [0.2, 0.25) is 10.0 Å². The minimum atomic E-state index is -3.54. The molecular weight excluding hydrogens is 368 g/mol. The van der Waals surface area contributed by atoms with Crippen LogP contribution < -0.4 is 5.32 Å². The summed E-state index contributed by atoms with van der Waals surface area (Å²) >= 11 is 0. The van der Waals surface area contributed by atoms with Crippen molar-refractivity contribution in [1.82, 2.24) is 9.21 Å².